The van der Waals surface area contributed by atoms with Crippen molar-refractivity contribution in [3.63, 3.8) is 0 Å². The lowest BCUT2D eigenvalue weighted by Gasteiger charge is -2.28. The van der Waals surface area contributed by atoms with E-state index in [-0.39, 0.29) is 5.41 Å². The molecule has 0 fully saturated rings. The van der Waals surface area contributed by atoms with Gasteiger partial charge >= 0.3 is 0 Å². The van der Waals surface area contributed by atoms with Crippen LogP contribution in [0.2, 0.25) is 0 Å². The molecule has 7 aromatic carbocycles. The minimum Gasteiger partial charge on any atom is -0.341 e. The molecule has 1 aromatic heterocycles. The predicted octanol–water partition coefficient (Wildman–Crippen LogP) is 12.4. The highest BCUT2D eigenvalue weighted by Gasteiger charge is 2.35. The number of benzene rings is 7. The standard InChI is InChI=1S/C45H36N2/c1-4-46-42-26-21-32(28-39(42)44-36-15-9-8-12-31(36)20-27-43(44)46)30-18-22-34(23-19-30)47(33-13-6-5-7-14-33)35-24-25-38-37-16-10-11-17-40(37)45(2,3)41(38)29-35/h5-29H,4H2,1-3H3. The van der Waals surface area contributed by atoms with Gasteiger partial charge in [-0.05, 0) is 106 Å². The molecule has 0 atom stereocenters. The van der Waals surface area contributed by atoms with Crippen molar-refractivity contribution in [1.29, 1.82) is 0 Å². The summed E-state index contributed by atoms with van der Waals surface area (Å²) in [6, 6.07) is 55.9. The van der Waals surface area contributed by atoms with Crippen LogP contribution in [-0.2, 0) is 12.0 Å². The van der Waals surface area contributed by atoms with Crippen molar-refractivity contribution >= 4 is 49.6 Å². The van der Waals surface area contributed by atoms with Gasteiger partial charge in [0.2, 0.25) is 0 Å². The van der Waals surface area contributed by atoms with Gasteiger partial charge in [0.15, 0.2) is 0 Å². The van der Waals surface area contributed by atoms with Crippen molar-refractivity contribution in [1.82, 2.24) is 4.57 Å². The molecule has 8 aromatic rings. The van der Waals surface area contributed by atoms with E-state index in [1.165, 1.54) is 71.6 Å². The Morgan fingerprint density at radius 3 is 2.00 bits per heavy atom. The molecule has 0 amide bonds. The molecule has 47 heavy (non-hydrogen) atoms. The summed E-state index contributed by atoms with van der Waals surface area (Å²) in [6.07, 6.45) is 0. The lowest BCUT2D eigenvalue weighted by molar-refractivity contribution is 0.660. The lowest BCUT2D eigenvalue weighted by atomic mass is 9.82. The zero-order valence-electron chi connectivity index (χ0n) is 27.0. The molecule has 0 N–H and O–H groups in total. The fourth-order valence-electron chi connectivity index (χ4n) is 8.05. The molecule has 0 bridgehead atoms. The lowest BCUT2D eigenvalue weighted by Crippen LogP contribution is -2.16. The quantitative estimate of drug-likeness (QED) is 0.190. The Kier molecular flexibility index (Phi) is 6.17. The van der Waals surface area contributed by atoms with Crippen molar-refractivity contribution in [3.8, 4) is 22.3 Å². The minimum absolute atomic E-state index is 0.0565. The normalized spacial score (nSPS) is 13.3. The van der Waals surface area contributed by atoms with Crippen LogP contribution in [0.5, 0.6) is 0 Å². The van der Waals surface area contributed by atoms with Gasteiger partial charge in [0, 0.05) is 50.8 Å². The molecule has 2 heteroatoms. The Bertz CT molecular complexity index is 2460. The number of hydrogen-bond donors (Lipinski definition) is 0. The van der Waals surface area contributed by atoms with Crippen LogP contribution >= 0.6 is 0 Å². The largest absolute Gasteiger partial charge is 0.341 e. The van der Waals surface area contributed by atoms with Crippen LogP contribution in [0.25, 0.3) is 54.8 Å². The summed E-state index contributed by atoms with van der Waals surface area (Å²) >= 11 is 0. The molecule has 0 spiro atoms. The summed E-state index contributed by atoms with van der Waals surface area (Å²) in [7, 11) is 0. The third kappa shape index (κ3) is 4.18. The number of hydrogen-bond acceptors (Lipinski definition) is 1. The minimum atomic E-state index is -0.0565. The maximum Gasteiger partial charge on any atom is 0.0497 e. The van der Waals surface area contributed by atoms with Gasteiger partial charge in [0.05, 0.1) is 0 Å². The fraction of sp³-hybridized carbons (Fsp3) is 0.111. The van der Waals surface area contributed by atoms with E-state index in [0.29, 0.717) is 0 Å². The molecular weight excluding hydrogens is 569 g/mol. The Morgan fingerprint density at radius 2 is 1.17 bits per heavy atom. The Morgan fingerprint density at radius 1 is 0.511 bits per heavy atom. The van der Waals surface area contributed by atoms with Crippen LogP contribution in [0, 0.1) is 0 Å². The SMILES string of the molecule is CCn1c2ccc(-c3ccc(N(c4ccccc4)c4ccc5c(c4)C(C)(C)c4ccccc4-5)cc3)cc2c2c3ccccc3ccc21. The highest BCUT2D eigenvalue weighted by atomic mass is 15.1. The first-order valence-electron chi connectivity index (χ1n) is 16.7. The molecule has 1 heterocycles. The first-order valence-corrected chi connectivity index (χ1v) is 16.7. The monoisotopic (exact) mass is 604 g/mol. The van der Waals surface area contributed by atoms with E-state index in [1.807, 2.05) is 0 Å². The van der Waals surface area contributed by atoms with Gasteiger partial charge < -0.3 is 9.47 Å². The van der Waals surface area contributed by atoms with Gasteiger partial charge in [-0.15, -0.1) is 0 Å². The number of rotatable bonds is 5. The van der Waals surface area contributed by atoms with Crippen LogP contribution in [0.15, 0.2) is 152 Å². The van der Waals surface area contributed by atoms with Crippen LogP contribution < -0.4 is 4.90 Å². The van der Waals surface area contributed by atoms with Gasteiger partial charge in [0.1, 0.15) is 0 Å². The maximum atomic E-state index is 2.44. The highest BCUT2D eigenvalue weighted by Crippen LogP contribution is 2.50. The number of aromatic nitrogens is 1. The number of anilines is 3. The average molecular weight is 605 g/mol. The van der Waals surface area contributed by atoms with Gasteiger partial charge in [0.25, 0.3) is 0 Å². The molecular formula is C45H36N2. The average Bonchev–Trinajstić information content (AvgIpc) is 3.57. The number of para-hydroxylation sites is 1. The van der Waals surface area contributed by atoms with E-state index in [1.54, 1.807) is 0 Å². The van der Waals surface area contributed by atoms with E-state index >= 15 is 0 Å². The zero-order chi connectivity index (χ0) is 31.7. The summed E-state index contributed by atoms with van der Waals surface area (Å²) in [6.45, 7) is 7.87. The summed E-state index contributed by atoms with van der Waals surface area (Å²) in [4.78, 5) is 2.38. The van der Waals surface area contributed by atoms with E-state index in [4.69, 9.17) is 0 Å². The highest BCUT2D eigenvalue weighted by molar-refractivity contribution is 6.21. The predicted molar refractivity (Wildman–Crippen MR) is 200 cm³/mol. The summed E-state index contributed by atoms with van der Waals surface area (Å²) in [5.74, 6) is 0. The van der Waals surface area contributed by atoms with Gasteiger partial charge in [-0.2, -0.15) is 0 Å². The number of fused-ring (bicyclic) bond motifs is 8. The molecule has 1 aliphatic rings. The van der Waals surface area contributed by atoms with Gasteiger partial charge in [-0.1, -0.05) is 111 Å². The van der Waals surface area contributed by atoms with Crippen molar-refractivity contribution in [2.75, 3.05) is 4.90 Å². The van der Waals surface area contributed by atoms with Crippen molar-refractivity contribution < 1.29 is 0 Å². The fourth-order valence-corrected chi connectivity index (χ4v) is 8.05. The van der Waals surface area contributed by atoms with E-state index in [2.05, 4.69) is 182 Å². The molecule has 1 aliphatic carbocycles. The molecule has 0 radical (unpaired) electrons. The van der Waals surface area contributed by atoms with Gasteiger partial charge in [-0.3, -0.25) is 0 Å². The molecule has 9 rings (SSSR count). The molecule has 2 nitrogen and oxygen atoms in total. The van der Waals surface area contributed by atoms with Crippen LogP contribution in [-0.4, -0.2) is 4.57 Å². The Labute approximate surface area is 276 Å². The van der Waals surface area contributed by atoms with Crippen LogP contribution in [0.4, 0.5) is 17.1 Å². The molecule has 226 valence electrons. The Hall–Kier alpha value is -5.60. The molecule has 0 aliphatic heterocycles. The van der Waals surface area contributed by atoms with Crippen molar-refractivity contribution in [2.24, 2.45) is 0 Å². The molecule has 0 unspecified atom stereocenters. The zero-order valence-corrected chi connectivity index (χ0v) is 27.0. The number of nitrogens with zero attached hydrogens (tertiary/aromatic N) is 2. The maximum absolute atomic E-state index is 2.44. The van der Waals surface area contributed by atoms with Crippen molar-refractivity contribution in [2.45, 2.75) is 32.7 Å². The van der Waals surface area contributed by atoms with E-state index in [0.717, 1.165) is 17.9 Å². The molecule has 0 saturated carbocycles. The Balaban J connectivity index is 1.15. The first kappa shape index (κ1) is 27.7. The smallest absolute Gasteiger partial charge is 0.0497 e. The summed E-state index contributed by atoms with van der Waals surface area (Å²) in [5, 5.41) is 5.25. The first-order chi connectivity index (χ1) is 23.0. The molecule has 0 saturated heterocycles. The van der Waals surface area contributed by atoms with Crippen molar-refractivity contribution in [3.05, 3.63) is 163 Å². The van der Waals surface area contributed by atoms with Crippen LogP contribution in [0.3, 0.4) is 0 Å². The third-order valence-electron chi connectivity index (χ3n) is 10.4. The second-order valence-corrected chi connectivity index (χ2v) is 13.3. The topological polar surface area (TPSA) is 8.17 Å². The van der Waals surface area contributed by atoms with Gasteiger partial charge in [-0.25, -0.2) is 0 Å². The number of aryl methyl sites for hydroxylation is 1. The summed E-state index contributed by atoms with van der Waals surface area (Å²) < 4.78 is 2.44. The summed E-state index contributed by atoms with van der Waals surface area (Å²) in [5.41, 5.74) is 13.9. The third-order valence-corrected chi connectivity index (χ3v) is 10.4. The van der Waals surface area contributed by atoms with E-state index < -0.39 is 0 Å². The van der Waals surface area contributed by atoms with Crippen LogP contribution in [0.1, 0.15) is 31.9 Å². The van der Waals surface area contributed by atoms with E-state index in [9.17, 15) is 0 Å². The second kappa shape index (κ2) is 10.5. The second-order valence-electron chi connectivity index (χ2n) is 13.3.